The normalized spacial score (nSPS) is 26.6. The molecule has 0 saturated carbocycles. The Morgan fingerprint density at radius 3 is 2.85 bits per heavy atom. The number of nitrogens with one attached hydrogen (secondary N) is 2. The fraction of sp³-hybridized carbons (Fsp3) is 0.476. The number of benzene rings is 1. The van der Waals surface area contributed by atoms with Gasteiger partial charge in [0.15, 0.2) is 0 Å². The third-order valence-electron chi connectivity index (χ3n) is 6.00. The van der Waals surface area contributed by atoms with E-state index in [0.717, 1.165) is 37.8 Å². The summed E-state index contributed by atoms with van der Waals surface area (Å²) in [5.41, 5.74) is 2.16. The van der Waals surface area contributed by atoms with Gasteiger partial charge in [-0.1, -0.05) is 18.2 Å². The van der Waals surface area contributed by atoms with E-state index in [0.29, 0.717) is 12.0 Å². The summed E-state index contributed by atoms with van der Waals surface area (Å²) in [5.74, 6) is 1.47. The summed E-state index contributed by atoms with van der Waals surface area (Å²) >= 11 is 1.59. The number of carbonyl (C=O) groups is 1. The smallest absolute Gasteiger partial charge is 0.319 e. The molecule has 0 radical (unpaired) electrons. The van der Waals surface area contributed by atoms with Crippen molar-refractivity contribution in [1.82, 2.24) is 10.2 Å². The molecule has 1 aromatic carbocycles. The maximum absolute atomic E-state index is 12.1. The molecular weight excluding hydrogens is 356 g/mol. The molecule has 1 aromatic heterocycles. The van der Waals surface area contributed by atoms with E-state index in [4.69, 9.17) is 0 Å². The van der Waals surface area contributed by atoms with Gasteiger partial charge in [-0.2, -0.15) is 11.3 Å². The number of hydrogen-bond donors (Lipinski definition) is 2. The Labute approximate surface area is 165 Å². The van der Waals surface area contributed by atoms with Gasteiger partial charge in [-0.05, 0) is 54.8 Å². The van der Waals surface area contributed by atoms with Crippen LogP contribution in [0.5, 0.6) is 0 Å². The summed E-state index contributed by atoms with van der Waals surface area (Å²) in [4.78, 5) is 17.0. The second-order valence-electron chi connectivity index (χ2n) is 7.76. The summed E-state index contributed by atoms with van der Waals surface area (Å²) in [6, 6.07) is 12.9. The number of carbonyl (C=O) groups excluding carboxylic acids is 1. The number of amides is 2. The Bertz CT molecular complexity index is 736. The molecule has 2 aromatic rings. The molecule has 1 unspecified atom stereocenters. The SMILES string of the molecule is CN(C[C@@H]1CN2CC[C@H]1C[C@@H]2CNC(=O)Nc1ccsc1)c1ccccc1. The molecule has 144 valence electrons. The Morgan fingerprint density at radius 2 is 2.15 bits per heavy atom. The summed E-state index contributed by atoms with van der Waals surface area (Å²) < 4.78 is 0. The first kappa shape index (κ1) is 18.3. The lowest BCUT2D eigenvalue weighted by Gasteiger charge is -2.50. The highest BCUT2D eigenvalue weighted by molar-refractivity contribution is 7.08. The Balaban J connectivity index is 1.26. The molecule has 3 aliphatic heterocycles. The minimum atomic E-state index is -0.101. The molecule has 3 saturated heterocycles. The molecule has 0 aliphatic carbocycles. The molecule has 2 amide bonds. The van der Waals surface area contributed by atoms with E-state index in [2.05, 4.69) is 57.8 Å². The molecule has 6 heteroatoms. The molecule has 2 N–H and O–H groups in total. The quantitative estimate of drug-likeness (QED) is 0.798. The van der Waals surface area contributed by atoms with Gasteiger partial charge in [0.05, 0.1) is 5.69 Å². The van der Waals surface area contributed by atoms with Crippen LogP contribution in [0.4, 0.5) is 16.2 Å². The number of hydrogen-bond acceptors (Lipinski definition) is 4. The van der Waals surface area contributed by atoms with Crippen molar-refractivity contribution >= 4 is 28.7 Å². The lowest BCUT2D eigenvalue weighted by Crippen LogP contribution is -2.58. The number of nitrogens with zero attached hydrogens (tertiary/aromatic N) is 2. The minimum absolute atomic E-state index is 0.101. The number of rotatable bonds is 6. The Morgan fingerprint density at radius 1 is 1.30 bits per heavy atom. The minimum Gasteiger partial charge on any atom is -0.374 e. The van der Waals surface area contributed by atoms with Crippen molar-refractivity contribution in [3.63, 3.8) is 0 Å². The third-order valence-corrected chi connectivity index (χ3v) is 6.68. The zero-order valence-corrected chi connectivity index (χ0v) is 16.6. The lowest BCUT2D eigenvalue weighted by atomic mass is 9.75. The Hall–Kier alpha value is -2.05. The van der Waals surface area contributed by atoms with E-state index in [1.54, 1.807) is 11.3 Å². The van der Waals surface area contributed by atoms with Gasteiger partial charge in [-0.3, -0.25) is 4.90 Å². The molecule has 5 nitrogen and oxygen atoms in total. The first-order chi connectivity index (χ1) is 13.2. The average molecular weight is 385 g/mol. The number of para-hydroxylation sites is 1. The number of anilines is 2. The van der Waals surface area contributed by atoms with Crippen LogP contribution in [0.2, 0.25) is 0 Å². The van der Waals surface area contributed by atoms with Crippen molar-refractivity contribution in [2.45, 2.75) is 18.9 Å². The first-order valence-electron chi connectivity index (χ1n) is 9.76. The number of thiophene rings is 1. The van der Waals surface area contributed by atoms with Gasteiger partial charge in [0.25, 0.3) is 0 Å². The van der Waals surface area contributed by atoms with Gasteiger partial charge in [0, 0.05) is 43.8 Å². The van der Waals surface area contributed by atoms with Crippen LogP contribution in [-0.4, -0.2) is 50.2 Å². The molecule has 27 heavy (non-hydrogen) atoms. The van der Waals surface area contributed by atoms with Gasteiger partial charge < -0.3 is 15.5 Å². The number of urea groups is 1. The molecule has 3 aliphatic rings. The topological polar surface area (TPSA) is 47.6 Å². The van der Waals surface area contributed by atoms with Crippen molar-refractivity contribution in [2.75, 3.05) is 43.4 Å². The summed E-state index contributed by atoms with van der Waals surface area (Å²) in [5, 5.41) is 9.86. The van der Waals surface area contributed by atoms with Crippen LogP contribution < -0.4 is 15.5 Å². The number of piperidine rings is 3. The fourth-order valence-corrected chi connectivity index (χ4v) is 5.12. The molecule has 2 bridgehead atoms. The highest BCUT2D eigenvalue weighted by Gasteiger charge is 2.40. The van der Waals surface area contributed by atoms with Gasteiger partial charge >= 0.3 is 6.03 Å². The van der Waals surface area contributed by atoms with Gasteiger partial charge in [-0.25, -0.2) is 4.79 Å². The van der Waals surface area contributed by atoms with Crippen molar-refractivity contribution in [3.05, 3.63) is 47.2 Å². The highest BCUT2D eigenvalue weighted by Crippen LogP contribution is 2.36. The van der Waals surface area contributed by atoms with E-state index < -0.39 is 0 Å². The predicted octanol–water partition coefficient (Wildman–Crippen LogP) is 3.72. The van der Waals surface area contributed by atoms with Gasteiger partial charge in [-0.15, -0.1) is 0 Å². The molecule has 4 atom stereocenters. The van der Waals surface area contributed by atoms with Gasteiger partial charge in [0.1, 0.15) is 0 Å². The first-order valence-corrected chi connectivity index (χ1v) is 10.7. The van der Waals surface area contributed by atoms with Crippen molar-refractivity contribution < 1.29 is 4.79 Å². The maximum atomic E-state index is 12.1. The van der Waals surface area contributed by atoms with Crippen LogP contribution in [-0.2, 0) is 0 Å². The van der Waals surface area contributed by atoms with Crippen LogP contribution >= 0.6 is 11.3 Å². The van der Waals surface area contributed by atoms with Crippen molar-refractivity contribution in [3.8, 4) is 0 Å². The molecule has 3 fully saturated rings. The molecule has 4 heterocycles. The van der Waals surface area contributed by atoms with Crippen LogP contribution in [0.3, 0.4) is 0 Å². The highest BCUT2D eigenvalue weighted by atomic mass is 32.1. The zero-order chi connectivity index (χ0) is 18.6. The Kier molecular flexibility index (Phi) is 5.64. The zero-order valence-electron chi connectivity index (χ0n) is 15.8. The summed E-state index contributed by atoms with van der Waals surface area (Å²) in [6.45, 7) is 4.13. The largest absolute Gasteiger partial charge is 0.374 e. The second-order valence-corrected chi connectivity index (χ2v) is 8.54. The van der Waals surface area contributed by atoms with Crippen LogP contribution in [0.1, 0.15) is 12.8 Å². The summed E-state index contributed by atoms with van der Waals surface area (Å²) in [6.07, 6.45) is 2.47. The molecular formula is C21H28N4OS. The predicted molar refractivity (Wildman–Crippen MR) is 113 cm³/mol. The van der Waals surface area contributed by atoms with Crippen LogP contribution in [0, 0.1) is 11.8 Å². The maximum Gasteiger partial charge on any atom is 0.319 e. The monoisotopic (exact) mass is 384 g/mol. The second kappa shape index (κ2) is 8.31. The molecule has 5 rings (SSSR count). The summed E-state index contributed by atoms with van der Waals surface area (Å²) in [7, 11) is 2.20. The van der Waals surface area contributed by atoms with E-state index in [1.165, 1.54) is 18.5 Å². The lowest BCUT2D eigenvalue weighted by molar-refractivity contribution is 0.00612. The average Bonchev–Trinajstić information content (AvgIpc) is 3.21. The third kappa shape index (κ3) is 4.45. The molecule has 0 spiro atoms. The van der Waals surface area contributed by atoms with E-state index in [-0.39, 0.29) is 6.03 Å². The fourth-order valence-electron chi connectivity index (χ4n) is 4.53. The van der Waals surface area contributed by atoms with Crippen molar-refractivity contribution in [1.29, 1.82) is 0 Å². The standard InChI is InChI=1S/C21H28N4OS/c1-24(19-5-3-2-4-6-19)13-17-14-25-9-7-16(17)11-20(25)12-22-21(26)23-18-8-10-27-15-18/h2-6,8,10,15-17,20H,7,9,11-14H2,1H3,(H2,22,23,26)/t16-,17+,20+/m0/s1. The van der Waals surface area contributed by atoms with E-state index >= 15 is 0 Å². The van der Waals surface area contributed by atoms with Gasteiger partial charge in [0.2, 0.25) is 0 Å². The number of fused-ring (bicyclic) bond motifs is 3. The van der Waals surface area contributed by atoms with Crippen LogP contribution in [0.15, 0.2) is 47.2 Å². The van der Waals surface area contributed by atoms with Crippen LogP contribution in [0.25, 0.3) is 0 Å². The van der Waals surface area contributed by atoms with Crippen molar-refractivity contribution in [2.24, 2.45) is 11.8 Å². The van der Waals surface area contributed by atoms with E-state index in [1.807, 2.05) is 16.8 Å². The van der Waals surface area contributed by atoms with E-state index in [9.17, 15) is 4.79 Å².